The molecule has 1 rings (SSSR count). The summed E-state index contributed by atoms with van der Waals surface area (Å²) in [6, 6.07) is 7.77. The number of carbonyl (C=O) groups is 1. The number of hydrogen-bond donors (Lipinski definition) is 2. The van der Waals surface area contributed by atoms with E-state index in [0.29, 0.717) is 6.61 Å². The Bertz CT molecular complexity index is 363. The lowest BCUT2D eigenvalue weighted by atomic mass is 10.2. The number of unbranched alkanes of at least 4 members (excludes halogenated alkanes) is 3. The Balaban J connectivity index is 2.21. The van der Waals surface area contributed by atoms with Gasteiger partial charge in [-0.15, -0.1) is 0 Å². The van der Waals surface area contributed by atoms with Gasteiger partial charge in [-0.05, 0) is 30.7 Å². The van der Waals surface area contributed by atoms with E-state index in [4.69, 9.17) is 10.5 Å². The largest absolute Gasteiger partial charge is 0.493 e. The molecule has 0 aliphatic carbocycles. The van der Waals surface area contributed by atoms with Crippen LogP contribution < -0.4 is 15.8 Å². The zero-order valence-corrected chi connectivity index (χ0v) is 11.7. The van der Waals surface area contributed by atoms with Crippen molar-refractivity contribution >= 4 is 11.6 Å². The summed E-state index contributed by atoms with van der Waals surface area (Å²) in [5, 5.41) is 3.38. The average Bonchev–Trinajstić information content (AvgIpc) is 2.40. The minimum atomic E-state index is -0.342. The average molecular weight is 264 g/mol. The van der Waals surface area contributed by atoms with Gasteiger partial charge >= 0.3 is 0 Å². The molecule has 106 valence electrons. The van der Waals surface area contributed by atoms with Gasteiger partial charge in [-0.25, -0.2) is 0 Å². The van der Waals surface area contributed by atoms with Crippen LogP contribution in [0.4, 0.5) is 5.69 Å². The highest BCUT2D eigenvalue weighted by Crippen LogP contribution is 2.16. The molecule has 1 amide bonds. The van der Waals surface area contributed by atoms with Gasteiger partial charge in [-0.2, -0.15) is 0 Å². The molecule has 0 atom stereocenters. The molecule has 1 aromatic carbocycles. The Hall–Kier alpha value is -1.71. The molecular weight excluding hydrogens is 240 g/mol. The zero-order chi connectivity index (χ0) is 13.9. The van der Waals surface area contributed by atoms with E-state index < -0.39 is 0 Å². The molecule has 0 bridgehead atoms. The summed E-state index contributed by atoms with van der Waals surface area (Å²) in [6.07, 6.45) is 5.28. The predicted molar refractivity (Wildman–Crippen MR) is 78.4 cm³/mol. The molecular formula is C15H24N2O2. The van der Waals surface area contributed by atoms with Crippen LogP contribution in [0.5, 0.6) is 5.75 Å². The summed E-state index contributed by atoms with van der Waals surface area (Å²) in [7, 11) is 0. The number of carbonyl (C=O) groups excluding carboxylic acids is 1. The quantitative estimate of drug-likeness (QED) is 0.639. The summed E-state index contributed by atoms with van der Waals surface area (Å²) < 4.78 is 5.40. The van der Waals surface area contributed by atoms with E-state index in [1.165, 1.54) is 25.7 Å². The monoisotopic (exact) mass is 264 g/mol. The van der Waals surface area contributed by atoms with Crippen LogP contribution in [0.25, 0.3) is 0 Å². The Labute approximate surface area is 115 Å². The molecule has 0 aromatic heterocycles. The summed E-state index contributed by atoms with van der Waals surface area (Å²) in [5.74, 6) is 0.420. The summed E-state index contributed by atoms with van der Waals surface area (Å²) >= 11 is 0. The molecule has 0 heterocycles. The van der Waals surface area contributed by atoms with E-state index in [-0.39, 0.29) is 12.3 Å². The van der Waals surface area contributed by atoms with Gasteiger partial charge in [0.05, 0.1) is 13.0 Å². The van der Waals surface area contributed by atoms with Crippen LogP contribution in [0.1, 0.15) is 39.0 Å². The van der Waals surface area contributed by atoms with E-state index in [9.17, 15) is 4.79 Å². The molecule has 0 fully saturated rings. The second-order valence-electron chi connectivity index (χ2n) is 4.58. The number of nitrogens with two attached hydrogens (primary N) is 1. The molecule has 0 saturated carbocycles. The third-order valence-electron chi connectivity index (χ3n) is 2.83. The third-order valence-corrected chi connectivity index (χ3v) is 2.83. The summed E-state index contributed by atoms with van der Waals surface area (Å²) in [5.41, 5.74) is 6.14. The minimum Gasteiger partial charge on any atom is -0.493 e. The molecule has 0 radical (unpaired) electrons. The van der Waals surface area contributed by atoms with Crippen molar-refractivity contribution in [3.63, 3.8) is 0 Å². The Morgan fingerprint density at radius 3 is 2.58 bits per heavy atom. The van der Waals surface area contributed by atoms with Gasteiger partial charge in [0.15, 0.2) is 0 Å². The van der Waals surface area contributed by atoms with E-state index in [2.05, 4.69) is 12.2 Å². The van der Waals surface area contributed by atoms with Gasteiger partial charge in [-0.1, -0.05) is 26.2 Å². The van der Waals surface area contributed by atoms with Crippen molar-refractivity contribution in [2.45, 2.75) is 39.0 Å². The molecule has 19 heavy (non-hydrogen) atoms. The molecule has 0 saturated heterocycles. The van der Waals surface area contributed by atoms with Crippen molar-refractivity contribution < 1.29 is 9.53 Å². The lowest BCUT2D eigenvalue weighted by Crippen LogP contribution is -2.14. The molecule has 4 heteroatoms. The van der Waals surface area contributed by atoms with Crippen LogP contribution in [0.2, 0.25) is 0 Å². The molecule has 0 aliphatic rings. The van der Waals surface area contributed by atoms with E-state index in [0.717, 1.165) is 18.0 Å². The fraction of sp³-hybridized carbons (Fsp3) is 0.533. The molecule has 4 nitrogen and oxygen atoms in total. The van der Waals surface area contributed by atoms with Gasteiger partial charge < -0.3 is 15.8 Å². The van der Waals surface area contributed by atoms with Crippen molar-refractivity contribution in [3.8, 4) is 5.75 Å². The van der Waals surface area contributed by atoms with Gasteiger partial charge in [0.1, 0.15) is 5.75 Å². The fourth-order valence-electron chi connectivity index (χ4n) is 1.72. The first-order valence-electron chi connectivity index (χ1n) is 6.97. The first-order valence-corrected chi connectivity index (χ1v) is 6.97. The van der Waals surface area contributed by atoms with Crippen LogP contribution in [0.3, 0.4) is 0 Å². The van der Waals surface area contributed by atoms with Crippen LogP contribution in [-0.4, -0.2) is 19.1 Å². The van der Waals surface area contributed by atoms with E-state index >= 15 is 0 Å². The predicted octanol–water partition coefficient (Wildman–Crippen LogP) is 2.93. The van der Waals surface area contributed by atoms with Crippen LogP contribution in [-0.2, 0) is 4.79 Å². The lowest BCUT2D eigenvalue weighted by Gasteiger charge is -2.08. The van der Waals surface area contributed by atoms with E-state index in [1.807, 2.05) is 24.3 Å². The highest BCUT2D eigenvalue weighted by atomic mass is 16.5. The number of rotatable bonds is 10. The van der Waals surface area contributed by atoms with Crippen LogP contribution in [0, 0.1) is 0 Å². The zero-order valence-electron chi connectivity index (χ0n) is 11.7. The molecule has 0 unspecified atom stereocenters. The molecule has 1 aromatic rings. The van der Waals surface area contributed by atoms with Crippen molar-refractivity contribution in [2.24, 2.45) is 5.73 Å². The maximum Gasteiger partial charge on any atom is 0.220 e. The number of hydrogen-bond acceptors (Lipinski definition) is 3. The van der Waals surface area contributed by atoms with Gasteiger partial charge in [0, 0.05) is 12.2 Å². The SMILES string of the molecule is CCCCCCNc1ccc(OCCC(N)=O)cc1. The number of ether oxygens (including phenoxy) is 1. The van der Waals surface area contributed by atoms with Gasteiger partial charge in [0.25, 0.3) is 0 Å². The summed E-state index contributed by atoms with van der Waals surface area (Å²) in [4.78, 5) is 10.6. The first kappa shape index (κ1) is 15.3. The number of nitrogens with one attached hydrogen (secondary N) is 1. The number of anilines is 1. The molecule has 0 spiro atoms. The lowest BCUT2D eigenvalue weighted by molar-refractivity contribution is -0.118. The highest BCUT2D eigenvalue weighted by molar-refractivity contribution is 5.73. The van der Waals surface area contributed by atoms with Gasteiger partial charge in [-0.3, -0.25) is 4.79 Å². The van der Waals surface area contributed by atoms with Crippen molar-refractivity contribution in [2.75, 3.05) is 18.5 Å². The maximum absolute atomic E-state index is 10.6. The second-order valence-corrected chi connectivity index (χ2v) is 4.58. The third kappa shape index (κ3) is 7.34. The topological polar surface area (TPSA) is 64.3 Å². The minimum absolute atomic E-state index is 0.247. The summed E-state index contributed by atoms with van der Waals surface area (Å²) in [6.45, 7) is 3.55. The van der Waals surface area contributed by atoms with Crippen LogP contribution in [0.15, 0.2) is 24.3 Å². The number of primary amides is 1. The smallest absolute Gasteiger partial charge is 0.220 e. The molecule has 3 N–H and O–H groups in total. The highest BCUT2D eigenvalue weighted by Gasteiger charge is 1.97. The normalized spacial score (nSPS) is 10.2. The van der Waals surface area contributed by atoms with Crippen LogP contribution >= 0.6 is 0 Å². The second kappa shape index (κ2) is 9.25. The number of amides is 1. The number of benzene rings is 1. The Morgan fingerprint density at radius 1 is 1.21 bits per heavy atom. The van der Waals surface area contributed by atoms with Crippen molar-refractivity contribution in [1.82, 2.24) is 0 Å². The fourth-order valence-corrected chi connectivity index (χ4v) is 1.72. The van der Waals surface area contributed by atoms with Gasteiger partial charge in [0.2, 0.25) is 5.91 Å². The Morgan fingerprint density at radius 2 is 1.95 bits per heavy atom. The van der Waals surface area contributed by atoms with Crippen molar-refractivity contribution in [3.05, 3.63) is 24.3 Å². The molecule has 0 aliphatic heterocycles. The first-order chi connectivity index (χ1) is 9.22. The Kier molecular flexibility index (Phi) is 7.47. The van der Waals surface area contributed by atoms with E-state index in [1.54, 1.807) is 0 Å². The standard InChI is InChI=1S/C15H24N2O2/c1-2-3-4-5-11-17-13-6-8-14(9-7-13)19-12-10-15(16)18/h6-9,17H,2-5,10-12H2,1H3,(H2,16,18). The van der Waals surface area contributed by atoms with Crippen molar-refractivity contribution in [1.29, 1.82) is 0 Å². The maximum atomic E-state index is 10.6.